The second-order valence-electron chi connectivity index (χ2n) is 6.84. The van der Waals surface area contributed by atoms with Gasteiger partial charge in [-0.15, -0.1) is 0 Å². The van der Waals surface area contributed by atoms with Crippen LogP contribution in [0.3, 0.4) is 0 Å². The first-order valence-electron chi connectivity index (χ1n) is 7.04. The number of fused-ring (bicyclic) bond motifs is 2. The van der Waals surface area contributed by atoms with Gasteiger partial charge in [0.15, 0.2) is 4.77 Å². The lowest BCUT2D eigenvalue weighted by atomic mass is 9.71. The van der Waals surface area contributed by atoms with Gasteiger partial charge in [-0.05, 0) is 48.9 Å². The molecule has 0 saturated heterocycles. The summed E-state index contributed by atoms with van der Waals surface area (Å²) in [6.07, 6.45) is 2.17. The average molecular weight is 308 g/mol. The molecule has 2 aliphatic carbocycles. The number of carbonyl (C=O) groups excluding carboxylic acids is 1. The molecule has 0 radical (unpaired) electrons. The van der Waals surface area contributed by atoms with Crippen LogP contribution in [0.1, 0.15) is 39.3 Å². The first kappa shape index (κ1) is 14.3. The van der Waals surface area contributed by atoms with Crippen LogP contribution in [0, 0.1) is 28.4 Å². The molecule has 0 aliphatic heterocycles. The highest BCUT2D eigenvalue weighted by atomic mass is 32.2. The summed E-state index contributed by atoms with van der Waals surface area (Å²) >= 11 is 6.74. The Bertz CT molecular complexity index is 637. The maximum atomic E-state index is 12.7. The van der Waals surface area contributed by atoms with E-state index in [9.17, 15) is 4.79 Å². The number of Topliss-reactive ketones (excluding diaryl/α,β-unsaturated/α-hetero) is 1. The van der Waals surface area contributed by atoms with Crippen molar-refractivity contribution in [3.05, 3.63) is 16.5 Å². The van der Waals surface area contributed by atoms with Crippen molar-refractivity contribution in [2.45, 2.75) is 50.8 Å². The van der Waals surface area contributed by atoms with Crippen molar-refractivity contribution in [1.29, 1.82) is 0 Å². The fourth-order valence-corrected chi connectivity index (χ4v) is 5.82. The number of hydrogen-bond donors (Lipinski definition) is 1. The number of hydrogen-bond acceptors (Lipinski definition) is 4. The van der Waals surface area contributed by atoms with Gasteiger partial charge in [-0.25, -0.2) is 4.98 Å². The van der Waals surface area contributed by atoms with E-state index in [1.165, 1.54) is 0 Å². The molecule has 3 unspecified atom stereocenters. The summed E-state index contributed by atoms with van der Waals surface area (Å²) < 4.78 is 0.493. The summed E-state index contributed by atoms with van der Waals surface area (Å²) in [6, 6.07) is 1.98. The molecular formula is C15H20N2OS2. The minimum absolute atomic E-state index is 0.0138. The second kappa shape index (κ2) is 4.41. The third kappa shape index (κ3) is 1.82. The quantitative estimate of drug-likeness (QED) is 0.664. The summed E-state index contributed by atoms with van der Waals surface area (Å²) in [5.41, 5.74) is 1.15. The van der Waals surface area contributed by atoms with Gasteiger partial charge in [-0.3, -0.25) is 4.79 Å². The number of nitrogens with zero attached hydrogens (tertiary/aromatic N) is 1. The van der Waals surface area contributed by atoms with Crippen LogP contribution in [-0.4, -0.2) is 21.0 Å². The molecule has 2 aliphatic rings. The number of aromatic nitrogens is 2. The van der Waals surface area contributed by atoms with E-state index in [1.54, 1.807) is 11.8 Å². The van der Waals surface area contributed by atoms with E-state index in [0.717, 1.165) is 23.6 Å². The molecule has 5 heteroatoms. The summed E-state index contributed by atoms with van der Waals surface area (Å²) in [5, 5.41) is 0.883. The molecule has 0 spiro atoms. The third-order valence-electron chi connectivity index (χ3n) is 5.57. The summed E-state index contributed by atoms with van der Waals surface area (Å²) in [5.74, 6) is 0.622. The molecule has 3 atom stereocenters. The maximum absolute atomic E-state index is 12.7. The first-order valence-corrected chi connectivity index (χ1v) is 8.33. The van der Waals surface area contributed by atoms with Crippen molar-refractivity contribution in [3.8, 4) is 0 Å². The van der Waals surface area contributed by atoms with E-state index in [-0.39, 0.29) is 22.0 Å². The summed E-state index contributed by atoms with van der Waals surface area (Å²) in [6.45, 7) is 8.74. The number of rotatable bonds is 2. The standard InChI is InChI=1S/C15H20N2OS2/c1-8-7-10(17-13(19)16-8)20-12-11(18)9-5-6-15(12,4)14(9,2)3/h7,9,12H,5-6H2,1-4H3,(H,16,17,19). The van der Waals surface area contributed by atoms with Crippen LogP contribution in [0.15, 0.2) is 11.1 Å². The van der Waals surface area contributed by atoms with Gasteiger partial charge in [-0.2, -0.15) is 0 Å². The van der Waals surface area contributed by atoms with Crippen LogP contribution in [0.4, 0.5) is 0 Å². The number of thioether (sulfide) groups is 1. The molecule has 2 fully saturated rings. The number of nitrogens with one attached hydrogen (secondary N) is 1. The van der Waals surface area contributed by atoms with E-state index in [0.29, 0.717) is 10.6 Å². The Balaban J connectivity index is 1.96. The lowest BCUT2D eigenvalue weighted by molar-refractivity contribution is -0.122. The molecule has 0 aromatic carbocycles. The molecule has 2 bridgehead atoms. The van der Waals surface area contributed by atoms with Crippen LogP contribution < -0.4 is 0 Å². The van der Waals surface area contributed by atoms with E-state index in [1.807, 2.05) is 13.0 Å². The monoisotopic (exact) mass is 308 g/mol. The van der Waals surface area contributed by atoms with Crippen LogP contribution in [0.5, 0.6) is 0 Å². The van der Waals surface area contributed by atoms with Crippen LogP contribution >= 0.6 is 24.0 Å². The highest BCUT2D eigenvalue weighted by Crippen LogP contribution is 2.67. The fraction of sp³-hybridized carbons (Fsp3) is 0.667. The van der Waals surface area contributed by atoms with E-state index < -0.39 is 0 Å². The number of ketones is 1. The summed E-state index contributed by atoms with van der Waals surface area (Å²) in [4.78, 5) is 20.1. The maximum Gasteiger partial charge on any atom is 0.198 e. The van der Waals surface area contributed by atoms with Gasteiger partial charge in [0.1, 0.15) is 10.8 Å². The topological polar surface area (TPSA) is 45.8 Å². The minimum Gasteiger partial charge on any atom is -0.335 e. The molecule has 1 N–H and O–H groups in total. The molecule has 3 rings (SSSR count). The summed E-state index contributed by atoms with van der Waals surface area (Å²) in [7, 11) is 0. The van der Waals surface area contributed by atoms with Crippen LogP contribution in [0.25, 0.3) is 0 Å². The second-order valence-corrected chi connectivity index (χ2v) is 8.35. The average Bonchev–Trinajstić information content (AvgIpc) is 2.62. The lowest BCUT2D eigenvalue weighted by Crippen LogP contribution is -2.35. The molecule has 108 valence electrons. The highest BCUT2D eigenvalue weighted by Gasteiger charge is 2.66. The molecule has 1 heterocycles. The van der Waals surface area contributed by atoms with Crippen molar-refractivity contribution in [2.75, 3.05) is 0 Å². The Morgan fingerprint density at radius 2 is 2.15 bits per heavy atom. The minimum atomic E-state index is 0.0138. The fourth-order valence-electron chi connectivity index (χ4n) is 3.91. The predicted molar refractivity (Wildman–Crippen MR) is 83.4 cm³/mol. The largest absolute Gasteiger partial charge is 0.335 e. The number of aryl methyl sites for hydroxylation is 1. The van der Waals surface area contributed by atoms with Crippen LogP contribution in [-0.2, 0) is 4.79 Å². The number of H-pyrrole nitrogens is 1. The van der Waals surface area contributed by atoms with E-state index in [4.69, 9.17) is 12.2 Å². The van der Waals surface area contributed by atoms with Gasteiger partial charge >= 0.3 is 0 Å². The van der Waals surface area contributed by atoms with Gasteiger partial charge in [-0.1, -0.05) is 32.5 Å². The van der Waals surface area contributed by atoms with Crippen molar-refractivity contribution >= 4 is 29.8 Å². The SMILES string of the molecule is Cc1cc(SC2C(=O)C3CCC2(C)C3(C)C)nc(=S)[nH]1. The number of aromatic amines is 1. The molecule has 2 saturated carbocycles. The van der Waals surface area contributed by atoms with Gasteiger partial charge < -0.3 is 4.98 Å². The van der Waals surface area contributed by atoms with Gasteiger partial charge in [0.05, 0.1) is 5.25 Å². The zero-order valence-electron chi connectivity index (χ0n) is 12.3. The van der Waals surface area contributed by atoms with Crippen molar-refractivity contribution in [1.82, 2.24) is 9.97 Å². The Morgan fingerprint density at radius 3 is 2.70 bits per heavy atom. The molecule has 3 nitrogen and oxygen atoms in total. The van der Waals surface area contributed by atoms with Gasteiger partial charge in [0, 0.05) is 11.6 Å². The Kier molecular flexibility index (Phi) is 3.14. The Labute approximate surface area is 129 Å². The van der Waals surface area contributed by atoms with Gasteiger partial charge in [0.25, 0.3) is 0 Å². The highest BCUT2D eigenvalue weighted by molar-refractivity contribution is 8.00. The van der Waals surface area contributed by atoms with Gasteiger partial charge in [0.2, 0.25) is 0 Å². The molecule has 1 aromatic rings. The molecule has 20 heavy (non-hydrogen) atoms. The van der Waals surface area contributed by atoms with Crippen LogP contribution in [0.2, 0.25) is 0 Å². The van der Waals surface area contributed by atoms with Crippen molar-refractivity contribution in [3.63, 3.8) is 0 Å². The molecule has 0 amide bonds. The zero-order valence-corrected chi connectivity index (χ0v) is 14.0. The number of carbonyl (C=O) groups is 1. The molecular weight excluding hydrogens is 288 g/mol. The normalized spacial score (nSPS) is 34.7. The Hall–Kier alpha value is -0.680. The van der Waals surface area contributed by atoms with E-state index in [2.05, 4.69) is 30.7 Å². The zero-order chi connectivity index (χ0) is 14.7. The van der Waals surface area contributed by atoms with Crippen molar-refractivity contribution < 1.29 is 4.79 Å². The predicted octanol–water partition coefficient (Wildman–Crippen LogP) is 3.93. The van der Waals surface area contributed by atoms with Crippen molar-refractivity contribution in [2.24, 2.45) is 16.7 Å². The van der Waals surface area contributed by atoms with E-state index >= 15 is 0 Å². The molecule has 1 aromatic heterocycles. The third-order valence-corrected chi connectivity index (χ3v) is 7.20. The Morgan fingerprint density at radius 1 is 1.45 bits per heavy atom. The first-order chi connectivity index (χ1) is 9.25. The smallest absolute Gasteiger partial charge is 0.198 e. The lowest BCUT2D eigenvalue weighted by Gasteiger charge is -2.37.